The van der Waals surface area contributed by atoms with Crippen LogP contribution in [0.1, 0.15) is 12.5 Å². The van der Waals surface area contributed by atoms with Gasteiger partial charge >= 0.3 is 0 Å². The van der Waals surface area contributed by atoms with Crippen molar-refractivity contribution < 1.29 is 8.42 Å². The summed E-state index contributed by atoms with van der Waals surface area (Å²) >= 11 is 0. The summed E-state index contributed by atoms with van der Waals surface area (Å²) in [5.74, 6) is 0. The molecule has 0 spiro atoms. The van der Waals surface area contributed by atoms with E-state index in [-0.39, 0.29) is 4.90 Å². The van der Waals surface area contributed by atoms with Gasteiger partial charge in [0.15, 0.2) is 0 Å². The third-order valence-electron chi connectivity index (χ3n) is 2.76. The molecular formula is C14H17N3O2S. The molecule has 1 aromatic carbocycles. The van der Waals surface area contributed by atoms with E-state index in [0.717, 1.165) is 12.1 Å². The van der Waals surface area contributed by atoms with Crippen LogP contribution in [0.15, 0.2) is 53.7 Å². The zero-order valence-electron chi connectivity index (χ0n) is 11.2. The number of nitrogens with one attached hydrogen (secondary N) is 2. The van der Waals surface area contributed by atoms with Crippen molar-refractivity contribution >= 4 is 15.7 Å². The third-order valence-corrected chi connectivity index (χ3v) is 4.24. The summed E-state index contributed by atoms with van der Waals surface area (Å²) in [6.45, 7) is 3.28. The Morgan fingerprint density at radius 2 is 1.80 bits per heavy atom. The molecule has 0 saturated carbocycles. The molecule has 1 heterocycles. The highest BCUT2D eigenvalue weighted by Gasteiger charge is 2.17. The molecule has 20 heavy (non-hydrogen) atoms. The Morgan fingerprint density at radius 3 is 2.50 bits per heavy atom. The zero-order chi connectivity index (χ0) is 14.4. The topological polar surface area (TPSA) is 71.1 Å². The molecule has 5 nitrogen and oxygen atoms in total. The summed E-state index contributed by atoms with van der Waals surface area (Å²) in [5.41, 5.74) is 1.24. The quantitative estimate of drug-likeness (QED) is 0.854. The standard InChI is InChI=1S/C14H17N3O2S/c1-2-15-11-12-5-3-4-6-14(12)20(18,19)17-13-7-9-16-10-8-13/h3-10,15H,2,11H2,1H3,(H,16,17). The van der Waals surface area contributed by atoms with E-state index in [4.69, 9.17) is 0 Å². The maximum Gasteiger partial charge on any atom is 0.262 e. The molecule has 0 aliphatic rings. The van der Waals surface area contributed by atoms with Gasteiger partial charge < -0.3 is 5.32 Å². The predicted octanol–water partition coefficient (Wildman–Crippen LogP) is 1.99. The molecule has 0 bridgehead atoms. The Labute approximate surface area is 119 Å². The highest BCUT2D eigenvalue weighted by atomic mass is 32.2. The molecule has 1 aromatic heterocycles. The SMILES string of the molecule is CCNCc1ccccc1S(=O)(=O)Nc1ccncc1. The molecule has 2 aromatic rings. The van der Waals surface area contributed by atoms with Crippen LogP contribution in [-0.4, -0.2) is 19.9 Å². The highest BCUT2D eigenvalue weighted by Crippen LogP contribution is 2.19. The van der Waals surface area contributed by atoms with E-state index in [9.17, 15) is 8.42 Å². The van der Waals surface area contributed by atoms with Gasteiger partial charge in [-0.15, -0.1) is 0 Å². The van der Waals surface area contributed by atoms with E-state index in [2.05, 4.69) is 15.0 Å². The zero-order valence-corrected chi connectivity index (χ0v) is 12.0. The van der Waals surface area contributed by atoms with E-state index in [0.29, 0.717) is 12.2 Å². The first kappa shape index (κ1) is 14.5. The van der Waals surface area contributed by atoms with Crippen molar-refractivity contribution in [2.75, 3.05) is 11.3 Å². The molecule has 2 N–H and O–H groups in total. The number of anilines is 1. The van der Waals surface area contributed by atoms with Gasteiger partial charge in [-0.25, -0.2) is 8.42 Å². The van der Waals surface area contributed by atoms with E-state index >= 15 is 0 Å². The molecule has 106 valence electrons. The lowest BCUT2D eigenvalue weighted by atomic mass is 10.2. The smallest absolute Gasteiger partial charge is 0.262 e. The van der Waals surface area contributed by atoms with Gasteiger partial charge in [0.1, 0.15) is 0 Å². The molecule has 0 aliphatic heterocycles. The van der Waals surface area contributed by atoms with Gasteiger partial charge in [-0.3, -0.25) is 9.71 Å². The number of rotatable bonds is 6. The van der Waals surface area contributed by atoms with Gasteiger partial charge in [0.2, 0.25) is 0 Å². The van der Waals surface area contributed by atoms with E-state index < -0.39 is 10.0 Å². The number of pyridine rings is 1. The largest absolute Gasteiger partial charge is 0.313 e. The van der Waals surface area contributed by atoms with Crippen LogP contribution in [0, 0.1) is 0 Å². The molecule has 2 rings (SSSR count). The monoisotopic (exact) mass is 291 g/mol. The van der Waals surface area contributed by atoms with E-state index in [1.807, 2.05) is 19.1 Å². The fraction of sp³-hybridized carbons (Fsp3) is 0.214. The Morgan fingerprint density at radius 1 is 1.10 bits per heavy atom. The minimum atomic E-state index is -3.59. The van der Waals surface area contributed by atoms with Crippen molar-refractivity contribution in [2.24, 2.45) is 0 Å². The lowest BCUT2D eigenvalue weighted by Crippen LogP contribution is -2.18. The van der Waals surface area contributed by atoms with Gasteiger partial charge in [0.25, 0.3) is 10.0 Å². The van der Waals surface area contributed by atoms with Crippen LogP contribution in [0.25, 0.3) is 0 Å². The van der Waals surface area contributed by atoms with Crippen molar-refractivity contribution in [1.82, 2.24) is 10.3 Å². The summed E-state index contributed by atoms with van der Waals surface area (Å²) in [7, 11) is -3.59. The Bertz CT molecular complexity index is 657. The molecule has 0 radical (unpaired) electrons. The molecule has 0 atom stereocenters. The first-order valence-corrected chi connectivity index (χ1v) is 7.83. The average molecular weight is 291 g/mol. The molecule has 6 heteroatoms. The number of benzene rings is 1. The molecule has 0 saturated heterocycles. The lowest BCUT2D eigenvalue weighted by molar-refractivity contribution is 0.598. The summed E-state index contributed by atoms with van der Waals surface area (Å²) < 4.78 is 27.4. The lowest BCUT2D eigenvalue weighted by Gasteiger charge is -2.12. The number of aromatic nitrogens is 1. The Kier molecular flexibility index (Phi) is 4.70. The number of nitrogens with zero attached hydrogens (tertiary/aromatic N) is 1. The number of hydrogen-bond acceptors (Lipinski definition) is 4. The average Bonchev–Trinajstić information content (AvgIpc) is 2.46. The van der Waals surface area contributed by atoms with E-state index in [1.54, 1.807) is 36.7 Å². The van der Waals surface area contributed by atoms with Crippen LogP contribution >= 0.6 is 0 Å². The summed E-state index contributed by atoms with van der Waals surface area (Å²) in [6.07, 6.45) is 3.09. The fourth-order valence-electron chi connectivity index (χ4n) is 1.80. The van der Waals surface area contributed by atoms with Crippen LogP contribution in [-0.2, 0) is 16.6 Å². The molecule has 0 unspecified atom stereocenters. The second kappa shape index (κ2) is 6.49. The number of hydrogen-bond donors (Lipinski definition) is 2. The van der Waals surface area contributed by atoms with Gasteiger partial charge in [0.05, 0.1) is 10.6 Å². The minimum absolute atomic E-state index is 0.290. The third kappa shape index (κ3) is 3.55. The van der Waals surface area contributed by atoms with Crippen LogP contribution in [0.2, 0.25) is 0 Å². The van der Waals surface area contributed by atoms with Crippen LogP contribution in [0.3, 0.4) is 0 Å². The minimum Gasteiger partial charge on any atom is -0.313 e. The van der Waals surface area contributed by atoms with Crippen molar-refractivity contribution in [3.63, 3.8) is 0 Å². The Hall–Kier alpha value is -1.92. The second-order valence-electron chi connectivity index (χ2n) is 4.23. The van der Waals surface area contributed by atoms with Crippen LogP contribution in [0.5, 0.6) is 0 Å². The van der Waals surface area contributed by atoms with Crippen molar-refractivity contribution in [3.8, 4) is 0 Å². The van der Waals surface area contributed by atoms with Gasteiger partial charge in [-0.2, -0.15) is 0 Å². The normalized spacial score (nSPS) is 11.2. The Balaban J connectivity index is 2.30. The summed E-state index contributed by atoms with van der Waals surface area (Å²) in [6, 6.07) is 10.2. The highest BCUT2D eigenvalue weighted by molar-refractivity contribution is 7.92. The molecule has 0 amide bonds. The maximum absolute atomic E-state index is 12.4. The van der Waals surface area contributed by atoms with Crippen molar-refractivity contribution in [3.05, 3.63) is 54.4 Å². The maximum atomic E-state index is 12.4. The van der Waals surface area contributed by atoms with Gasteiger partial charge in [0, 0.05) is 18.9 Å². The molecule has 0 fully saturated rings. The molecular weight excluding hydrogens is 274 g/mol. The van der Waals surface area contributed by atoms with Crippen molar-refractivity contribution in [1.29, 1.82) is 0 Å². The predicted molar refractivity (Wildman–Crippen MR) is 78.9 cm³/mol. The van der Waals surface area contributed by atoms with E-state index in [1.165, 1.54) is 0 Å². The first-order valence-electron chi connectivity index (χ1n) is 6.35. The first-order chi connectivity index (χ1) is 9.63. The number of sulfonamides is 1. The van der Waals surface area contributed by atoms with Crippen molar-refractivity contribution in [2.45, 2.75) is 18.4 Å². The van der Waals surface area contributed by atoms with Gasteiger partial charge in [-0.1, -0.05) is 25.1 Å². The fourth-order valence-corrected chi connectivity index (χ4v) is 3.10. The molecule has 0 aliphatic carbocycles. The second-order valence-corrected chi connectivity index (χ2v) is 5.88. The summed E-state index contributed by atoms with van der Waals surface area (Å²) in [5, 5.41) is 3.14. The van der Waals surface area contributed by atoms with Crippen LogP contribution in [0.4, 0.5) is 5.69 Å². The van der Waals surface area contributed by atoms with Crippen LogP contribution < -0.4 is 10.0 Å². The van der Waals surface area contributed by atoms with Gasteiger partial charge in [-0.05, 0) is 30.3 Å². The summed E-state index contributed by atoms with van der Waals surface area (Å²) in [4.78, 5) is 4.15.